The van der Waals surface area contributed by atoms with Crippen molar-refractivity contribution in [1.82, 2.24) is 9.55 Å². The number of anilines is 1. The van der Waals surface area contributed by atoms with Crippen molar-refractivity contribution in [2.24, 2.45) is 5.41 Å². The predicted octanol–water partition coefficient (Wildman–Crippen LogP) is 2.48. The molecule has 2 atom stereocenters. The molecule has 5 heteroatoms. The fraction of sp³-hybridized carbons (Fsp3) is 0.467. The van der Waals surface area contributed by atoms with Crippen LogP contribution in [0.2, 0.25) is 0 Å². The Morgan fingerprint density at radius 2 is 2.25 bits per heavy atom. The van der Waals surface area contributed by atoms with Crippen LogP contribution >= 0.6 is 0 Å². The van der Waals surface area contributed by atoms with Gasteiger partial charge in [0.1, 0.15) is 0 Å². The summed E-state index contributed by atoms with van der Waals surface area (Å²) in [5.41, 5.74) is 8.47. The van der Waals surface area contributed by atoms with Crippen molar-refractivity contribution in [3.63, 3.8) is 0 Å². The van der Waals surface area contributed by atoms with Gasteiger partial charge < -0.3 is 15.0 Å². The van der Waals surface area contributed by atoms with Gasteiger partial charge in [0.2, 0.25) is 5.95 Å². The number of hydrogen-bond donors (Lipinski definition) is 1. The van der Waals surface area contributed by atoms with E-state index >= 15 is 0 Å². The number of imidazole rings is 1. The van der Waals surface area contributed by atoms with Crippen molar-refractivity contribution in [3.8, 4) is 6.07 Å². The van der Waals surface area contributed by atoms with Crippen LogP contribution in [-0.2, 0) is 4.74 Å². The Hall–Kier alpha value is -2.06. The van der Waals surface area contributed by atoms with E-state index in [-0.39, 0.29) is 17.6 Å². The van der Waals surface area contributed by atoms with Crippen LogP contribution in [-0.4, -0.2) is 22.8 Å². The molecule has 0 spiro atoms. The van der Waals surface area contributed by atoms with Crippen molar-refractivity contribution in [1.29, 1.82) is 5.26 Å². The molecule has 3 rings (SSSR count). The first-order chi connectivity index (χ1) is 9.48. The lowest BCUT2D eigenvalue weighted by molar-refractivity contribution is -0.110. The molecule has 1 saturated carbocycles. The zero-order chi connectivity index (χ0) is 14.5. The third kappa shape index (κ3) is 1.61. The molecule has 0 saturated heterocycles. The molecule has 2 aromatic rings. The molecule has 0 bridgehead atoms. The highest BCUT2D eigenvalue weighted by Crippen LogP contribution is 2.52. The Kier molecular flexibility index (Phi) is 2.73. The summed E-state index contributed by atoms with van der Waals surface area (Å²) in [4.78, 5) is 4.40. The van der Waals surface area contributed by atoms with Gasteiger partial charge in [-0.05, 0) is 24.6 Å². The second kappa shape index (κ2) is 4.22. The van der Waals surface area contributed by atoms with Gasteiger partial charge in [0.25, 0.3) is 0 Å². The maximum atomic E-state index is 9.06. The van der Waals surface area contributed by atoms with Crippen LogP contribution in [0.3, 0.4) is 0 Å². The number of nitriles is 1. The Balaban J connectivity index is 2.13. The minimum Gasteiger partial charge on any atom is -0.381 e. The van der Waals surface area contributed by atoms with Gasteiger partial charge in [0.05, 0.1) is 28.8 Å². The molecule has 104 valence electrons. The standard InChI is InChI=1S/C15H18N4O/c1-15(2)12(7-13(15)20-3)19-11-6-9(8-16)4-5-10(11)18-14(19)17/h4-6,12-13H,7H2,1-3H3,(H2,17,18). The largest absolute Gasteiger partial charge is 0.381 e. The number of fused-ring (bicyclic) bond motifs is 1. The highest BCUT2D eigenvalue weighted by atomic mass is 16.5. The van der Waals surface area contributed by atoms with E-state index in [0.717, 1.165) is 17.5 Å². The molecule has 5 nitrogen and oxygen atoms in total. The summed E-state index contributed by atoms with van der Waals surface area (Å²) < 4.78 is 7.55. The third-order valence-electron chi connectivity index (χ3n) is 4.57. The summed E-state index contributed by atoms with van der Waals surface area (Å²) in [7, 11) is 1.74. The Morgan fingerprint density at radius 3 is 2.85 bits per heavy atom. The molecule has 20 heavy (non-hydrogen) atoms. The third-order valence-corrected chi connectivity index (χ3v) is 4.57. The first kappa shape index (κ1) is 12.9. The first-order valence-corrected chi connectivity index (χ1v) is 6.69. The molecule has 2 N–H and O–H groups in total. The van der Waals surface area contributed by atoms with Crippen molar-refractivity contribution < 1.29 is 4.74 Å². The van der Waals surface area contributed by atoms with E-state index in [0.29, 0.717) is 11.5 Å². The lowest BCUT2D eigenvalue weighted by atomic mass is 9.64. The van der Waals surface area contributed by atoms with E-state index in [2.05, 4.69) is 24.9 Å². The van der Waals surface area contributed by atoms with Crippen molar-refractivity contribution >= 4 is 17.0 Å². The summed E-state index contributed by atoms with van der Waals surface area (Å²) in [5, 5.41) is 9.06. The molecule has 0 radical (unpaired) electrons. The second-order valence-corrected chi connectivity index (χ2v) is 5.95. The molecule has 1 heterocycles. The van der Waals surface area contributed by atoms with Gasteiger partial charge >= 0.3 is 0 Å². The van der Waals surface area contributed by atoms with E-state index < -0.39 is 0 Å². The topological polar surface area (TPSA) is 76.9 Å². The summed E-state index contributed by atoms with van der Waals surface area (Å²) in [6, 6.07) is 7.88. The van der Waals surface area contributed by atoms with E-state index in [9.17, 15) is 0 Å². The van der Waals surface area contributed by atoms with E-state index in [1.54, 1.807) is 13.2 Å². The minimum atomic E-state index is -0.000845. The van der Waals surface area contributed by atoms with Gasteiger partial charge in [-0.2, -0.15) is 5.26 Å². The van der Waals surface area contributed by atoms with Crippen LogP contribution in [0, 0.1) is 16.7 Å². The maximum Gasteiger partial charge on any atom is 0.201 e. The van der Waals surface area contributed by atoms with Gasteiger partial charge in [-0.25, -0.2) is 4.98 Å². The lowest BCUT2D eigenvalue weighted by Gasteiger charge is -2.51. The average molecular weight is 270 g/mol. The van der Waals surface area contributed by atoms with Gasteiger partial charge in [0.15, 0.2) is 0 Å². The van der Waals surface area contributed by atoms with Crippen molar-refractivity contribution in [2.75, 3.05) is 12.8 Å². The van der Waals surface area contributed by atoms with E-state index in [4.69, 9.17) is 15.7 Å². The number of nitrogens with zero attached hydrogens (tertiary/aromatic N) is 3. The number of nitrogen functional groups attached to an aromatic ring is 1. The molecule has 0 aliphatic heterocycles. The Labute approximate surface area is 118 Å². The Morgan fingerprint density at radius 1 is 1.50 bits per heavy atom. The summed E-state index contributed by atoms with van der Waals surface area (Å²) >= 11 is 0. The summed E-state index contributed by atoms with van der Waals surface area (Å²) in [6.45, 7) is 4.35. The molecule has 1 aromatic carbocycles. The van der Waals surface area contributed by atoms with Crippen LogP contribution < -0.4 is 5.73 Å². The SMILES string of the molecule is COC1CC(n2c(N)nc3ccc(C#N)cc32)C1(C)C. The fourth-order valence-corrected chi connectivity index (χ4v) is 3.21. The van der Waals surface area contributed by atoms with Gasteiger partial charge in [0, 0.05) is 18.6 Å². The van der Waals surface area contributed by atoms with Crippen LogP contribution in [0.25, 0.3) is 11.0 Å². The fourth-order valence-electron chi connectivity index (χ4n) is 3.21. The van der Waals surface area contributed by atoms with E-state index in [1.807, 2.05) is 16.7 Å². The molecule has 1 aliphatic rings. The number of ether oxygens (including phenoxy) is 1. The molecule has 1 aromatic heterocycles. The number of aromatic nitrogens is 2. The number of rotatable bonds is 2. The number of benzene rings is 1. The van der Waals surface area contributed by atoms with Crippen LogP contribution in [0.1, 0.15) is 31.9 Å². The van der Waals surface area contributed by atoms with E-state index in [1.165, 1.54) is 0 Å². The molecule has 1 fully saturated rings. The average Bonchev–Trinajstić information content (AvgIpc) is 2.74. The Bertz CT molecular complexity index is 710. The predicted molar refractivity (Wildman–Crippen MR) is 77.1 cm³/mol. The van der Waals surface area contributed by atoms with Gasteiger partial charge in [-0.1, -0.05) is 13.8 Å². The molecule has 0 amide bonds. The van der Waals surface area contributed by atoms with Gasteiger partial charge in [-0.3, -0.25) is 0 Å². The summed E-state index contributed by atoms with van der Waals surface area (Å²) in [6.07, 6.45) is 1.14. The maximum absolute atomic E-state index is 9.06. The zero-order valence-corrected chi connectivity index (χ0v) is 11.9. The highest BCUT2D eigenvalue weighted by Gasteiger charge is 2.50. The molecule has 1 aliphatic carbocycles. The normalized spacial score (nSPS) is 24.3. The smallest absolute Gasteiger partial charge is 0.201 e. The highest BCUT2D eigenvalue weighted by molar-refractivity contribution is 5.80. The van der Waals surface area contributed by atoms with Crippen LogP contribution in [0.4, 0.5) is 5.95 Å². The number of hydrogen-bond acceptors (Lipinski definition) is 4. The number of methoxy groups -OCH3 is 1. The molecule has 2 unspecified atom stereocenters. The molecular weight excluding hydrogens is 252 g/mol. The quantitative estimate of drug-likeness (QED) is 0.909. The molecular formula is C15H18N4O. The zero-order valence-electron chi connectivity index (χ0n) is 11.9. The van der Waals surface area contributed by atoms with Crippen molar-refractivity contribution in [3.05, 3.63) is 23.8 Å². The van der Waals surface area contributed by atoms with Crippen LogP contribution in [0.15, 0.2) is 18.2 Å². The lowest BCUT2D eigenvalue weighted by Crippen LogP contribution is -2.51. The first-order valence-electron chi connectivity index (χ1n) is 6.69. The second-order valence-electron chi connectivity index (χ2n) is 5.95. The van der Waals surface area contributed by atoms with Crippen molar-refractivity contribution in [2.45, 2.75) is 32.4 Å². The summed E-state index contributed by atoms with van der Waals surface area (Å²) in [5.74, 6) is 0.503. The monoisotopic (exact) mass is 270 g/mol. The van der Waals surface area contributed by atoms with Crippen LogP contribution in [0.5, 0.6) is 0 Å². The van der Waals surface area contributed by atoms with Gasteiger partial charge in [-0.15, -0.1) is 0 Å². The number of nitrogens with two attached hydrogens (primary N) is 1. The minimum absolute atomic E-state index is 0.000845.